The first-order chi connectivity index (χ1) is 8.66. The van der Waals surface area contributed by atoms with E-state index < -0.39 is 5.82 Å². The van der Waals surface area contributed by atoms with Gasteiger partial charge in [-0.15, -0.1) is 0 Å². The van der Waals surface area contributed by atoms with Crippen molar-refractivity contribution in [3.8, 4) is 0 Å². The van der Waals surface area contributed by atoms with Gasteiger partial charge in [-0.2, -0.15) is 0 Å². The van der Waals surface area contributed by atoms with Crippen LogP contribution in [0.2, 0.25) is 0 Å². The van der Waals surface area contributed by atoms with Crippen molar-refractivity contribution in [1.82, 2.24) is 5.32 Å². The number of rotatable bonds is 4. The third-order valence-corrected chi connectivity index (χ3v) is 3.44. The van der Waals surface area contributed by atoms with E-state index in [1.165, 1.54) is 12.1 Å². The summed E-state index contributed by atoms with van der Waals surface area (Å²) in [5.41, 5.74) is 0.0664. The van der Waals surface area contributed by atoms with E-state index in [1.807, 2.05) is 0 Å². The van der Waals surface area contributed by atoms with Crippen LogP contribution in [0.25, 0.3) is 0 Å². The summed E-state index contributed by atoms with van der Waals surface area (Å²) in [6, 6.07) is 4.33. The smallest absolute Gasteiger partial charge is 0.254 e. The fourth-order valence-corrected chi connectivity index (χ4v) is 2.35. The highest BCUT2D eigenvalue weighted by atomic mass is 79.9. The Morgan fingerprint density at radius 3 is 3.11 bits per heavy atom. The molecule has 5 heteroatoms. The molecule has 0 aliphatic carbocycles. The van der Waals surface area contributed by atoms with Crippen molar-refractivity contribution in [2.45, 2.75) is 25.4 Å². The zero-order chi connectivity index (χ0) is 13.0. The van der Waals surface area contributed by atoms with Gasteiger partial charge >= 0.3 is 0 Å². The lowest BCUT2D eigenvalue weighted by Crippen LogP contribution is -2.27. The molecule has 0 aromatic heterocycles. The van der Waals surface area contributed by atoms with E-state index in [9.17, 15) is 9.18 Å². The molecule has 1 aliphatic rings. The minimum absolute atomic E-state index is 0.0664. The first-order valence-corrected chi connectivity index (χ1v) is 6.81. The molecule has 1 atom stereocenters. The lowest BCUT2D eigenvalue weighted by atomic mass is 10.1. The fraction of sp³-hybridized carbons (Fsp3) is 0.462. The van der Waals surface area contributed by atoms with Crippen molar-refractivity contribution in [1.29, 1.82) is 0 Å². The first kappa shape index (κ1) is 13.5. The molecule has 1 N–H and O–H groups in total. The molecule has 1 unspecified atom stereocenters. The van der Waals surface area contributed by atoms with Crippen LogP contribution in [-0.4, -0.2) is 25.2 Å². The summed E-state index contributed by atoms with van der Waals surface area (Å²) < 4.78 is 19.6. The molecule has 1 aromatic carbocycles. The number of carbonyl (C=O) groups is 1. The quantitative estimate of drug-likeness (QED) is 0.927. The maximum absolute atomic E-state index is 13.4. The number of hydrogen-bond acceptors (Lipinski definition) is 2. The predicted octanol–water partition coefficient (Wildman–Crippen LogP) is 2.89. The van der Waals surface area contributed by atoms with Gasteiger partial charge in [0.15, 0.2) is 0 Å². The average Bonchev–Trinajstić information content (AvgIpc) is 2.85. The Labute approximate surface area is 114 Å². The molecule has 0 saturated carbocycles. The van der Waals surface area contributed by atoms with Crippen molar-refractivity contribution < 1.29 is 13.9 Å². The molecule has 3 nitrogen and oxygen atoms in total. The SMILES string of the molecule is O=C(NCCC1CCCO1)c1cc(Br)ccc1F. The molecule has 1 amide bonds. The monoisotopic (exact) mass is 315 g/mol. The van der Waals surface area contributed by atoms with Crippen LogP contribution < -0.4 is 5.32 Å². The summed E-state index contributed by atoms with van der Waals surface area (Å²) in [5.74, 6) is -0.889. The van der Waals surface area contributed by atoms with Gasteiger partial charge in [-0.25, -0.2) is 4.39 Å². The molecule has 1 fully saturated rings. The maximum atomic E-state index is 13.4. The normalized spacial score (nSPS) is 18.9. The summed E-state index contributed by atoms with van der Waals surface area (Å²) in [6.45, 7) is 1.31. The molecule has 2 rings (SSSR count). The van der Waals surface area contributed by atoms with Gasteiger partial charge in [0.1, 0.15) is 5.82 Å². The van der Waals surface area contributed by atoms with Crippen molar-refractivity contribution in [3.63, 3.8) is 0 Å². The van der Waals surface area contributed by atoms with Crippen LogP contribution in [-0.2, 0) is 4.74 Å². The van der Waals surface area contributed by atoms with Crippen molar-refractivity contribution in [2.24, 2.45) is 0 Å². The van der Waals surface area contributed by atoms with E-state index in [4.69, 9.17) is 4.74 Å². The molecule has 0 bridgehead atoms. The second-order valence-corrected chi connectivity index (χ2v) is 5.22. The van der Waals surface area contributed by atoms with Gasteiger partial charge in [0.05, 0.1) is 11.7 Å². The van der Waals surface area contributed by atoms with Gasteiger partial charge in [-0.1, -0.05) is 15.9 Å². The summed E-state index contributed by atoms with van der Waals surface area (Å²) in [5, 5.41) is 2.71. The third-order valence-electron chi connectivity index (χ3n) is 2.95. The van der Waals surface area contributed by atoms with Crippen molar-refractivity contribution in [2.75, 3.05) is 13.2 Å². The van der Waals surface area contributed by atoms with Gasteiger partial charge < -0.3 is 10.1 Å². The number of ether oxygens (including phenoxy) is 1. The van der Waals surface area contributed by atoms with Crippen LogP contribution in [0, 0.1) is 5.82 Å². The zero-order valence-corrected chi connectivity index (χ0v) is 11.5. The minimum Gasteiger partial charge on any atom is -0.378 e. The molecule has 1 aromatic rings. The number of carbonyl (C=O) groups excluding carboxylic acids is 1. The largest absolute Gasteiger partial charge is 0.378 e. The van der Waals surface area contributed by atoms with Crippen LogP contribution in [0.15, 0.2) is 22.7 Å². The highest BCUT2D eigenvalue weighted by molar-refractivity contribution is 9.10. The summed E-state index contributed by atoms with van der Waals surface area (Å²) >= 11 is 3.22. The van der Waals surface area contributed by atoms with Gasteiger partial charge in [0.25, 0.3) is 5.91 Å². The van der Waals surface area contributed by atoms with Gasteiger partial charge in [0, 0.05) is 17.6 Å². The molecule has 1 saturated heterocycles. The molecule has 0 spiro atoms. The predicted molar refractivity (Wildman–Crippen MR) is 70.0 cm³/mol. The lowest BCUT2D eigenvalue weighted by molar-refractivity contribution is 0.0904. The van der Waals surface area contributed by atoms with E-state index in [0.29, 0.717) is 11.0 Å². The maximum Gasteiger partial charge on any atom is 0.254 e. The Morgan fingerprint density at radius 2 is 2.39 bits per heavy atom. The van der Waals surface area contributed by atoms with Crippen LogP contribution in [0.3, 0.4) is 0 Å². The van der Waals surface area contributed by atoms with E-state index in [-0.39, 0.29) is 17.6 Å². The summed E-state index contributed by atoms with van der Waals surface area (Å²) in [4.78, 5) is 11.8. The third kappa shape index (κ3) is 3.53. The van der Waals surface area contributed by atoms with E-state index >= 15 is 0 Å². The fourth-order valence-electron chi connectivity index (χ4n) is 1.99. The van der Waals surface area contributed by atoms with Crippen LogP contribution in [0.1, 0.15) is 29.6 Å². The highest BCUT2D eigenvalue weighted by Crippen LogP contribution is 2.16. The van der Waals surface area contributed by atoms with Gasteiger partial charge in [0.2, 0.25) is 0 Å². The highest BCUT2D eigenvalue weighted by Gasteiger charge is 2.16. The topological polar surface area (TPSA) is 38.3 Å². The number of halogens is 2. The zero-order valence-electron chi connectivity index (χ0n) is 9.92. The van der Waals surface area contributed by atoms with Gasteiger partial charge in [-0.05, 0) is 37.5 Å². The number of amides is 1. The average molecular weight is 316 g/mol. The minimum atomic E-state index is -0.507. The van der Waals surface area contributed by atoms with Crippen LogP contribution in [0.4, 0.5) is 4.39 Å². The Balaban J connectivity index is 1.85. The lowest BCUT2D eigenvalue weighted by Gasteiger charge is -2.10. The van der Waals surface area contributed by atoms with E-state index in [0.717, 1.165) is 25.9 Å². The van der Waals surface area contributed by atoms with Crippen molar-refractivity contribution in [3.05, 3.63) is 34.1 Å². The Hall–Kier alpha value is -0.940. The number of benzene rings is 1. The van der Waals surface area contributed by atoms with Crippen LogP contribution >= 0.6 is 15.9 Å². The Morgan fingerprint density at radius 1 is 1.56 bits per heavy atom. The molecular formula is C13H15BrFNO2. The van der Waals surface area contributed by atoms with Crippen molar-refractivity contribution >= 4 is 21.8 Å². The second kappa shape index (κ2) is 6.29. The molecule has 0 radical (unpaired) electrons. The van der Waals surface area contributed by atoms with E-state index in [2.05, 4.69) is 21.2 Å². The summed E-state index contributed by atoms with van der Waals surface area (Å²) in [6.07, 6.45) is 3.14. The standard InChI is InChI=1S/C13H15BrFNO2/c14-9-3-4-12(15)11(8-9)13(17)16-6-5-10-2-1-7-18-10/h3-4,8,10H,1-2,5-7H2,(H,16,17). The Kier molecular flexibility index (Phi) is 4.72. The van der Waals surface area contributed by atoms with Gasteiger partial charge in [-0.3, -0.25) is 4.79 Å². The second-order valence-electron chi connectivity index (χ2n) is 4.30. The van der Waals surface area contributed by atoms with Crippen LogP contribution in [0.5, 0.6) is 0 Å². The molecular weight excluding hydrogens is 301 g/mol. The molecule has 18 heavy (non-hydrogen) atoms. The first-order valence-electron chi connectivity index (χ1n) is 6.01. The molecule has 98 valence electrons. The number of hydrogen-bond donors (Lipinski definition) is 1. The summed E-state index contributed by atoms with van der Waals surface area (Å²) in [7, 11) is 0. The molecule has 1 heterocycles. The number of nitrogens with one attached hydrogen (secondary N) is 1. The van der Waals surface area contributed by atoms with E-state index in [1.54, 1.807) is 6.07 Å². The molecule has 1 aliphatic heterocycles. The Bertz CT molecular complexity index is 433.